The van der Waals surface area contributed by atoms with E-state index in [-0.39, 0.29) is 35.5 Å². The van der Waals surface area contributed by atoms with E-state index in [9.17, 15) is 23.3 Å². The molecule has 3 aromatic rings. The van der Waals surface area contributed by atoms with Crippen LogP contribution in [0.3, 0.4) is 0 Å². The molecule has 0 bridgehead atoms. The highest BCUT2D eigenvalue weighted by atomic mass is 35.5. The van der Waals surface area contributed by atoms with E-state index in [1.54, 1.807) is 29.1 Å². The van der Waals surface area contributed by atoms with E-state index < -0.39 is 14.9 Å². The molecule has 35 heavy (non-hydrogen) atoms. The molecular formula is C22H21Cl2N5O5S. The minimum absolute atomic E-state index is 0.0166. The van der Waals surface area contributed by atoms with E-state index in [4.69, 9.17) is 23.2 Å². The van der Waals surface area contributed by atoms with Gasteiger partial charge in [-0.15, -0.1) is 0 Å². The highest BCUT2D eigenvalue weighted by molar-refractivity contribution is 7.89. The molecule has 1 N–H and O–H groups in total. The first-order valence-corrected chi connectivity index (χ1v) is 12.9. The molecule has 0 spiro atoms. The minimum Gasteiger partial charge on any atom is -0.323 e. The molecule has 1 saturated heterocycles. The summed E-state index contributed by atoms with van der Waals surface area (Å²) in [5, 5.41) is 18.9. The largest absolute Gasteiger partial charge is 0.323 e. The Kier molecular flexibility index (Phi) is 7.41. The first-order valence-electron chi connectivity index (χ1n) is 10.7. The van der Waals surface area contributed by atoms with Gasteiger partial charge in [-0.05, 0) is 37.1 Å². The summed E-state index contributed by atoms with van der Waals surface area (Å²) < 4.78 is 28.6. The highest BCUT2D eigenvalue weighted by Crippen LogP contribution is 2.27. The Bertz CT molecular complexity index is 1330. The molecule has 0 atom stereocenters. The van der Waals surface area contributed by atoms with Crippen LogP contribution in [0.5, 0.6) is 0 Å². The van der Waals surface area contributed by atoms with Gasteiger partial charge in [-0.25, -0.2) is 8.42 Å². The van der Waals surface area contributed by atoms with Crippen molar-refractivity contribution in [2.24, 2.45) is 5.92 Å². The Morgan fingerprint density at radius 1 is 1.11 bits per heavy atom. The van der Waals surface area contributed by atoms with Gasteiger partial charge in [0.15, 0.2) is 0 Å². The second-order valence-corrected chi connectivity index (χ2v) is 10.8. The number of nitro groups is 1. The van der Waals surface area contributed by atoms with Crippen LogP contribution in [0, 0.1) is 16.0 Å². The quantitative estimate of drug-likeness (QED) is 0.355. The number of hydrogen-bond acceptors (Lipinski definition) is 6. The predicted octanol–water partition coefficient (Wildman–Crippen LogP) is 4.19. The molecule has 4 rings (SSSR count). The van der Waals surface area contributed by atoms with Gasteiger partial charge < -0.3 is 5.32 Å². The number of non-ortho nitro benzene ring substituents is 1. The number of halogens is 2. The van der Waals surface area contributed by atoms with Crippen molar-refractivity contribution >= 4 is 50.5 Å². The summed E-state index contributed by atoms with van der Waals surface area (Å²) >= 11 is 12.4. The molecule has 2 heterocycles. The van der Waals surface area contributed by atoms with Gasteiger partial charge in [-0.1, -0.05) is 29.3 Å². The summed E-state index contributed by atoms with van der Waals surface area (Å²) in [6.45, 7) is 0.677. The molecule has 13 heteroatoms. The van der Waals surface area contributed by atoms with Gasteiger partial charge in [0.2, 0.25) is 15.9 Å². The Morgan fingerprint density at radius 3 is 2.34 bits per heavy atom. The van der Waals surface area contributed by atoms with Crippen molar-refractivity contribution < 1.29 is 18.1 Å². The number of rotatable bonds is 7. The van der Waals surface area contributed by atoms with Gasteiger partial charge in [0, 0.05) is 52.9 Å². The van der Waals surface area contributed by atoms with Crippen molar-refractivity contribution in [2.45, 2.75) is 24.3 Å². The number of amides is 1. The van der Waals surface area contributed by atoms with Crippen LogP contribution in [0.1, 0.15) is 18.4 Å². The number of carbonyl (C=O) groups is 1. The maximum absolute atomic E-state index is 12.9. The zero-order chi connectivity index (χ0) is 25.2. The maximum atomic E-state index is 12.9. The van der Waals surface area contributed by atoms with E-state index in [0.29, 0.717) is 35.1 Å². The van der Waals surface area contributed by atoms with Crippen LogP contribution in [-0.4, -0.2) is 46.4 Å². The summed E-state index contributed by atoms with van der Waals surface area (Å²) in [5.41, 5.74) is 1.05. The smallest absolute Gasteiger partial charge is 0.269 e. The number of carbonyl (C=O) groups excluding carboxylic acids is 1. The van der Waals surface area contributed by atoms with Crippen LogP contribution in [0.25, 0.3) is 0 Å². The van der Waals surface area contributed by atoms with Crippen molar-refractivity contribution in [1.29, 1.82) is 0 Å². The van der Waals surface area contributed by atoms with Crippen molar-refractivity contribution in [1.82, 2.24) is 14.1 Å². The second-order valence-electron chi connectivity index (χ2n) is 8.05. The SMILES string of the molecule is O=C(Nc1cnn(Cc2c(Cl)cccc2Cl)c1)C1CCN(S(=O)(=O)c2ccc([N+](=O)[O-])cc2)CC1. The zero-order valence-corrected chi connectivity index (χ0v) is 20.6. The molecule has 0 saturated carbocycles. The van der Waals surface area contributed by atoms with Gasteiger partial charge >= 0.3 is 0 Å². The monoisotopic (exact) mass is 537 g/mol. The first kappa shape index (κ1) is 25.1. The fourth-order valence-corrected chi connectivity index (χ4v) is 5.84. The van der Waals surface area contributed by atoms with Crippen LogP contribution in [-0.2, 0) is 21.4 Å². The van der Waals surface area contributed by atoms with E-state index in [1.165, 1.54) is 22.6 Å². The summed E-state index contributed by atoms with van der Waals surface area (Å²) in [4.78, 5) is 22.9. The Balaban J connectivity index is 1.34. The molecule has 2 aromatic carbocycles. The lowest BCUT2D eigenvalue weighted by molar-refractivity contribution is -0.384. The third kappa shape index (κ3) is 5.64. The van der Waals surface area contributed by atoms with Crippen molar-refractivity contribution in [3.8, 4) is 0 Å². The molecule has 1 amide bonds. The van der Waals surface area contributed by atoms with E-state index >= 15 is 0 Å². The number of nitrogens with zero attached hydrogens (tertiary/aromatic N) is 4. The summed E-state index contributed by atoms with van der Waals surface area (Å²) in [6.07, 6.45) is 3.89. The average Bonchev–Trinajstić information content (AvgIpc) is 3.28. The Morgan fingerprint density at radius 2 is 1.74 bits per heavy atom. The lowest BCUT2D eigenvalue weighted by Gasteiger charge is -2.30. The molecule has 0 radical (unpaired) electrons. The first-order chi connectivity index (χ1) is 16.6. The molecule has 0 aliphatic carbocycles. The van der Waals surface area contributed by atoms with E-state index in [2.05, 4.69) is 10.4 Å². The predicted molar refractivity (Wildman–Crippen MR) is 131 cm³/mol. The van der Waals surface area contributed by atoms with Crippen LogP contribution >= 0.6 is 23.2 Å². The molecule has 10 nitrogen and oxygen atoms in total. The lowest BCUT2D eigenvalue weighted by Crippen LogP contribution is -2.41. The summed E-state index contributed by atoms with van der Waals surface area (Å²) in [5.74, 6) is -0.576. The van der Waals surface area contributed by atoms with Crippen LogP contribution in [0.15, 0.2) is 59.8 Å². The van der Waals surface area contributed by atoms with Crippen LogP contribution in [0.4, 0.5) is 11.4 Å². The summed E-state index contributed by atoms with van der Waals surface area (Å²) in [7, 11) is -3.80. The molecule has 1 aliphatic heterocycles. The zero-order valence-electron chi connectivity index (χ0n) is 18.3. The molecule has 1 aromatic heterocycles. The number of piperidine rings is 1. The normalized spacial score (nSPS) is 15.1. The number of sulfonamides is 1. The van der Waals surface area contributed by atoms with E-state index in [0.717, 1.165) is 17.7 Å². The van der Waals surface area contributed by atoms with E-state index in [1.807, 2.05) is 0 Å². The lowest BCUT2D eigenvalue weighted by atomic mass is 9.97. The minimum atomic E-state index is -3.80. The van der Waals surface area contributed by atoms with Gasteiger partial charge in [0.1, 0.15) is 0 Å². The fraction of sp³-hybridized carbons (Fsp3) is 0.273. The molecule has 1 aliphatic rings. The fourth-order valence-electron chi connectivity index (χ4n) is 3.85. The maximum Gasteiger partial charge on any atom is 0.269 e. The molecule has 1 fully saturated rings. The number of anilines is 1. The number of nitro benzene ring substituents is 1. The molecule has 0 unspecified atom stereocenters. The number of benzene rings is 2. The third-order valence-electron chi connectivity index (χ3n) is 5.79. The highest BCUT2D eigenvalue weighted by Gasteiger charge is 2.32. The van der Waals surface area contributed by atoms with Crippen LogP contribution in [0.2, 0.25) is 10.0 Å². The van der Waals surface area contributed by atoms with Gasteiger partial charge in [0.05, 0.1) is 28.2 Å². The number of nitrogens with one attached hydrogen (secondary N) is 1. The van der Waals surface area contributed by atoms with Gasteiger partial charge in [0.25, 0.3) is 5.69 Å². The second kappa shape index (κ2) is 10.3. The van der Waals surface area contributed by atoms with Crippen molar-refractivity contribution in [3.63, 3.8) is 0 Å². The number of hydrogen-bond donors (Lipinski definition) is 1. The van der Waals surface area contributed by atoms with Crippen molar-refractivity contribution in [2.75, 3.05) is 18.4 Å². The molecule has 184 valence electrons. The van der Waals surface area contributed by atoms with Gasteiger partial charge in [-0.2, -0.15) is 9.40 Å². The van der Waals surface area contributed by atoms with Gasteiger partial charge in [-0.3, -0.25) is 19.6 Å². The average molecular weight is 538 g/mol. The van der Waals surface area contributed by atoms with Crippen LogP contribution < -0.4 is 5.32 Å². The topological polar surface area (TPSA) is 127 Å². The Labute approximate surface area is 211 Å². The summed E-state index contributed by atoms with van der Waals surface area (Å²) in [6, 6.07) is 10.00. The Hall–Kier alpha value is -2.99. The number of aromatic nitrogens is 2. The third-order valence-corrected chi connectivity index (χ3v) is 8.41. The van der Waals surface area contributed by atoms with Crippen molar-refractivity contribution in [3.05, 3.63) is 80.6 Å². The molecular weight excluding hydrogens is 517 g/mol. The standard InChI is InChI=1S/C22H21Cl2N5O5S/c23-20-2-1-3-21(24)19(20)14-27-13-16(12-25-27)26-22(30)15-8-10-28(11-9-15)35(33,34)18-6-4-17(5-7-18)29(31)32/h1-7,12-13,15H,8-11,14H2,(H,26,30).